The second kappa shape index (κ2) is 3.43. The molecular formula is C9H11ClN4O. The van der Waals surface area contributed by atoms with E-state index in [-0.39, 0.29) is 0 Å². The van der Waals surface area contributed by atoms with Crippen LogP contribution in [0.25, 0.3) is 5.65 Å². The predicted molar refractivity (Wildman–Crippen MR) is 55.8 cm³/mol. The molecule has 15 heavy (non-hydrogen) atoms. The van der Waals surface area contributed by atoms with Crippen molar-refractivity contribution in [3.63, 3.8) is 0 Å². The standard InChI is InChI=1S/C9H11ClN4O/c1-9(2,15-3)8-13-12-7-6(10)11-4-5-14(7)8/h4-5H,1-3H3. The first kappa shape index (κ1) is 10.3. The lowest BCUT2D eigenvalue weighted by Gasteiger charge is -2.20. The number of hydrogen-bond acceptors (Lipinski definition) is 4. The van der Waals surface area contributed by atoms with E-state index in [1.807, 2.05) is 13.8 Å². The van der Waals surface area contributed by atoms with Crippen LogP contribution in [0.2, 0.25) is 5.15 Å². The van der Waals surface area contributed by atoms with Crippen LogP contribution in [0.5, 0.6) is 0 Å². The minimum absolute atomic E-state index is 0.336. The first-order valence-electron chi connectivity index (χ1n) is 4.47. The minimum atomic E-state index is -0.510. The lowest BCUT2D eigenvalue weighted by atomic mass is 10.1. The number of fused-ring (bicyclic) bond motifs is 1. The molecule has 0 aliphatic rings. The molecule has 5 nitrogen and oxygen atoms in total. The number of halogens is 1. The zero-order valence-electron chi connectivity index (χ0n) is 8.73. The Morgan fingerprint density at radius 1 is 1.40 bits per heavy atom. The number of hydrogen-bond donors (Lipinski definition) is 0. The summed E-state index contributed by atoms with van der Waals surface area (Å²) in [6.45, 7) is 3.83. The van der Waals surface area contributed by atoms with Gasteiger partial charge in [0.2, 0.25) is 0 Å². The Morgan fingerprint density at radius 3 is 2.80 bits per heavy atom. The van der Waals surface area contributed by atoms with Crippen molar-refractivity contribution in [1.82, 2.24) is 19.6 Å². The van der Waals surface area contributed by atoms with E-state index in [2.05, 4.69) is 15.2 Å². The van der Waals surface area contributed by atoms with Crippen molar-refractivity contribution < 1.29 is 4.74 Å². The number of methoxy groups -OCH3 is 1. The lowest BCUT2D eigenvalue weighted by molar-refractivity contribution is 0.0106. The molecule has 0 spiro atoms. The lowest BCUT2D eigenvalue weighted by Crippen LogP contribution is -2.23. The van der Waals surface area contributed by atoms with Crippen LogP contribution >= 0.6 is 11.6 Å². The number of nitrogens with zero attached hydrogens (tertiary/aromatic N) is 4. The fourth-order valence-electron chi connectivity index (χ4n) is 1.30. The van der Waals surface area contributed by atoms with Crippen molar-refractivity contribution in [3.05, 3.63) is 23.4 Å². The largest absolute Gasteiger partial charge is 0.371 e. The van der Waals surface area contributed by atoms with E-state index in [0.29, 0.717) is 16.6 Å². The molecular weight excluding hydrogens is 216 g/mol. The van der Waals surface area contributed by atoms with Crippen molar-refractivity contribution in [2.45, 2.75) is 19.4 Å². The molecule has 2 heterocycles. The quantitative estimate of drug-likeness (QED) is 0.782. The zero-order chi connectivity index (χ0) is 11.1. The molecule has 0 radical (unpaired) electrons. The molecule has 2 rings (SSSR count). The fraction of sp³-hybridized carbons (Fsp3) is 0.444. The Balaban J connectivity index is 2.69. The zero-order valence-corrected chi connectivity index (χ0v) is 9.49. The molecule has 0 fully saturated rings. The van der Waals surface area contributed by atoms with Crippen molar-refractivity contribution >= 4 is 17.2 Å². The summed E-state index contributed by atoms with van der Waals surface area (Å²) in [7, 11) is 1.63. The summed E-state index contributed by atoms with van der Waals surface area (Å²) >= 11 is 5.89. The van der Waals surface area contributed by atoms with Crippen molar-refractivity contribution in [2.75, 3.05) is 7.11 Å². The Bertz CT molecular complexity index is 494. The summed E-state index contributed by atoms with van der Waals surface area (Å²) in [5.41, 5.74) is 0.0312. The Morgan fingerprint density at radius 2 is 2.13 bits per heavy atom. The highest BCUT2D eigenvalue weighted by molar-refractivity contribution is 6.32. The summed E-state index contributed by atoms with van der Waals surface area (Å²) in [6.07, 6.45) is 3.37. The van der Waals surface area contributed by atoms with Gasteiger partial charge in [-0.1, -0.05) is 11.6 Å². The van der Waals surface area contributed by atoms with Crippen molar-refractivity contribution in [3.8, 4) is 0 Å². The molecule has 0 amide bonds. The van der Waals surface area contributed by atoms with Gasteiger partial charge in [0.05, 0.1) is 0 Å². The maximum Gasteiger partial charge on any atom is 0.198 e. The number of rotatable bonds is 2. The maximum absolute atomic E-state index is 5.89. The minimum Gasteiger partial charge on any atom is -0.371 e. The molecule has 6 heteroatoms. The second-order valence-electron chi connectivity index (χ2n) is 3.65. The van der Waals surface area contributed by atoms with Crippen molar-refractivity contribution in [2.24, 2.45) is 0 Å². The first-order chi connectivity index (χ1) is 7.06. The van der Waals surface area contributed by atoms with Gasteiger partial charge in [-0.15, -0.1) is 10.2 Å². The van der Waals surface area contributed by atoms with Gasteiger partial charge in [-0.2, -0.15) is 0 Å². The summed E-state index contributed by atoms with van der Waals surface area (Å²) < 4.78 is 7.12. The Kier molecular flexibility index (Phi) is 2.36. The highest BCUT2D eigenvalue weighted by atomic mass is 35.5. The van der Waals surface area contributed by atoms with Crippen LogP contribution in [0.15, 0.2) is 12.4 Å². The molecule has 0 atom stereocenters. The molecule has 2 aromatic heterocycles. The highest BCUT2D eigenvalue weighted by Gasteiger charge is 2.26. The van der Waals surface area contributed by atoms with E-state index < -0.39 is 5.60 Å². The third-order valence-electron chi connectivity index (χ3n) is 2.33. The Labute approximate surface area is 92.1 Å². The Hall–Kier alpha value is -1.20. The number of aromatic nitrogens is 4. The highest BCUT2D eigenvalue weighted by Crippen LogP contribution is 2.23. The van der Waals surface area contributed by atoms with Crippen LogP contribution in [0.3, 0.4) is 0 Å². The smallest absolute Gasteiger partial charge is 0.198 e. The van der Waals surface area contributed by atoms with Gasteiger partial charge in [-0.25, -0.2) is 4.98 Å². The van der Waals surface area contributed by atoms with Gasteiger partial charge in [0.15, 0.2) is 16.6 Å². The van der Waals surface area contributed by atoms with Gasteiger partial charge in [-0.05, 0) is 13.8 Å². The van der Waals surface area contributed by atoms with Crippen molar-refractivity contribution in [1.29, 1.82) is 0 Å². The third-order valence-corrected chi connectivity index (χ3v) is 2.60. The van der Waals surface area contributed by atoms with E-state index in [1.54, 1.807) is 23.9 Å². The van der Waals surface area contributed by atoms with E-state index in [0.717, 1.165) is 0 Å². The molecule has 0 bridgehead atoms. The van der Waals surface area contributed by atoms with E-state index in [4.69, 9.17) is 16.3 Å². The van der Waals surface area contributed by atoms with Gasteiger partial charge in [0.25, 0.3) is 0 Å². The average Bonchev–Trinajstić information content (AvgIpc) is 2.63. The van der Waals surface area contributed by atoms with Crippen LogP contribution < -0.4 is 0 Å². The summed E-state index contributed by atoms with van der Waals surface area (Å²) in [6, 6.07) is 0. The predicted octanol–water partition coefficient (Wildman–Crippen LogP) is 1.66. The number of ether oxygens (including phenoxy) is 1. The summed E-state index contributed by atoms with van der Waals surface area (Å²) in [4.78, 5) is 3.93. The molecule has 0 aliphatic carbocycles. The van der Waals surface area contributed by atoms with Gasteiger partial charge in [0.1, 0.15) is 5.60 Å². The summed E-state index contributed by atoms with van der Waals surface area (Å²) in [5, 5.41) is 8.37. The van der Waals surface area contributed by atoms with Crippen LogP contribution in [-0.2, 0) is 10.3 Å². The molecule has 0 aliphatic heterocycles. The molecule has 0 N–H and O–H groups in total. The van der Waals surface area contributed by atoms with Crippen LogP contribution in [0, 0.1) is 0 Å². The van der Waals surface area contributed by atoms with Crippen LogP contribution in [0.1, 0.15) is 19.7 Å². The molecule has 80 valence electrons. The monoisotopic (exact) mass is 226 g/mol. The van der Waals surface area contributed by atoms with E-state index in [1.165, 1.54) is 0 Å². The molecule has 0 saturated heterocycles. The average molecular weight is 227 g/mol. The molecule has 0 aromatic carbocycles. The van der Waals surface area contributed by atoms with Gasteiger partial charge in [-0.3, -0.25) is 4.40 Å². The third kappa shape index (κ3) is 1.57. The second-order valence-corrected chi connectivity index (χ2v) is 4.01. The van der Waals surface area contributed by atoms with Gasteiger partial charge in [0, 0.05) is 19.5 Å². The fourth-order valence-corrected chi connectivity index (χ4v) is 1.48. The first-order valence-corrected chi connectivity index (χ1v) is 4.85. The van der Waals surface area contributed by atoms with Gasteiger partial charge >= 0.3 is 0 Å². The maximum atomic E-state index is 5.89. The molecule has 2 aromatic rings. The summed E-state index contributed by atoms with van der Waals surface area (Å²) in [5.74, 6) is 0.698. The SMILES string of the molecule is COC(C)(C)c1nnc2c(Cl)nccn12. The molecule has 0 unspecified atom stereocenters. The van der Waals surface area contributed by atoms with Crippen LogP contribution in [0.4, 0.5) is 0 Å². The topological polar surface area (TPSA) is 52.3 Å². The van der Waals surface area contributed by atoms with E-state index in [9.17, 15) is 0 Å². The van der Waals surface area contributed by atoms with E-state index >= 15 is 0 Å². The van der Waals surface area contributed by atoms with Crippen LogP contribution in [-0.4, -0.2) is 26.7 Å². The normalized spacial score (nSPS) is 12.3. The molecule has 0 saturated carbocycles. The van der Waals surface area contributed by atoms with Gasteiger partial charge < -0.3 is 4.74 Å².